The van der Waals surface area contributed by atoms with Gasteiger partial charge in [-0.3, -0.25) is 29.0 Å². The van der Waals surface area contributed by atoms with E-state index in [-0.39, 0.29) is 73.3 Å². The summed E-state index contributed by atoms with van der Waals surface area (Å²) in [5, 5.41) is 19.8. The molecule has 2 aromatic carbocycles. The summed E-state index contributed by atoms with van der Waals surface area (Å²) in [6.07, 6.45) is 27.7. The maximum atomic E-state index is 14.5. The van der Waals surface area contributed by atoms with Crippen LogP contribution in [0.1, 0.15) is 176 Å². The highest BCUT2D eigenvalue weighted by Crippen LogP contribution is 2.37. The minimum absolute atomic E-state index is 0.00970. The van der Waals surface area contributed by atoms with Gasteiger partial charge in [-0.1, -0.05) is 75.4 Å². The molecule has 9 atom stereocenters. The SMILES string of the molecule is CO[C@H]1CC2CCCC(O2)C(=O)C(=O)N2CCCC[C@H]2C(=O)O[C@H](CCC2CCC(OC(=O)NCc3cnc(N4CCN(CCOCCN5CCN(c6ncc(C(=O)N7CCc8cc(Cn9nc(-c%10ccc%11oc(N)nc%11c%10)c%10c(N)ncnc%109)ccc8C7)cn6)CC5)CC4)nc3)CC2)CC[C@H](C)/C=C(\C)[C@@H](O)CC(=O)[C@H](C)C[C@H](C)/C=C/C=CC=C1C. The maximum Gasteiger partial charge on any atom is 0.407 e. The summed E-state index contributed by atoms with van der Waals surface area (Å²) in [6, 6.07) is 11.1. The summed E-state index contributed by atoms with van der Waals surface area (Å²) >= 11 is 0. The van der Waals surface area contributed by atoms with Crippen LogP contribution in [0.3, 0.4) is 0 Å². The fourth-order valence-electron chi connectivity index (χ4n) is 18.2. The number of rotatable bonds is 19. The highest BCUT2D eigenvalue weighted by molar-refractivity contribution is 6.38. The van der Waals surface area contributed by atoms with Crippen LogP contribution in [-0.4, -0.2) is 246 Å². The molecule has 658 valence electrons. The van der Waals surface area contributed by atoms with Crippen molar-refractivity contribution in [3.63, 3.8) is 0 Å². The fourth-order valence-corrected chi connectivity index (χ4v) is 18.2. The van der Waals surface area contributed by atoms with Crippen LogP contribution in [0.2, 0.25) is 0 Å². The van der Waals surface area contributed by atoms with Gasteiger partial charge in [0.25, 0.3) is 17.8 Å². The number of esters is 1. The molecule has 5 fully saturated rings. The van der Waals surface area contributed by atoms with Crippen molar-refractivity contribution in [3.05, 3.63) is 143 Å². The van der Waals surface area contributed by atoms with Gasteiger partial charge < -0.3 is 69.6 Å². The van der Waals surface area contributed by atoms with Gasteiger partial charge in [-0.2, -0.15) is 10.1 Å². The number of nitrogens with zero attached hydrogens (tertiary/aromatic N) is 15. The summed E-state index contributed by atoms with van der Waals surface area (Å²) in [5.41, 5.74) is 21.7. The molecule has 11 heterocycles. The van der Waals surface area contributed by atoms with Gasteiger partial charge >= 0.3 is 12.1 Å². The van der Waals surface area contributed by atoms with Crippen LogP contribution in [0.25, 0.3) is 33.4 Å². The van der Waals surface area contributed by atoms with E-state index in [9.17, 15) is 33.9 Å². The molecule has 2 unspecified atom stereocenters. The number of hydrogen-bond acceptors (Lipinski definition) is 27. The number of carbonyl (C=O) groups is 6. The third kappa shape index (κ3) is 23.5. The van der Waals surface area contributed by atoms with Gasteiger partial charge in [-0.05, 0) is 180 Å². The first-order valence-electron chi connectivity index (χ1n) is 44.4. The Hall–Kier alpha value is -10.4. The standard InChI is InChI=1S/C92H122N18O13/c1-59-13-8-7-9-14-61(3)80(118-6)49-73-15-12-17-79(120-73)83(113)87(115)109-31-11-10-16-75(109)88(116)121-71(25-18-60(2)46-63(5)77(112)50-76(111)62(4)45-59)26-20-64-21-27-72(28-22-64)122-92(117)99-53-66-51-95-90(96-52-66)106-37-33-104(34-38-106)41-43-119-44-42-105-35-39-107(40-36-105)91-97-54-70(55-98-91)86(114)108-32-30-67-47-65(19-23-69(67)57-108)56-110-85-81(84(93)100-58-101-85)82(103-110)68-24-29-78-74(48-68)102-89(94)123-78/h7-9,13-14,19,23-24,29,46-48,51-52,54-55,58-60,62,64,71-73,75,77,79-80,112H,10-12,15-18,20-22,25-28,30-45,49-50,53,56-57H2,1-6H3,(H2,94,102)(H,99,117)(H2,93,100,101)/b9-7?,13-8+,61-14?,63-46+/t59-,60+,62-,64?,71+,72?,73?,75+,77+,79?,80+/m1/s1. The molecule has 4 saturated heterocycles. The third-order valence-electron chi connectivity index (χ3n) is 25.7. The van der Waals surface area contributed by atoms with Crippen LogP contribution in [0, 0.1) is 23.7 Å². The number of carbonyl (C=O) groups excluding carboxylic acids is 6. The maximum absolute atomic E-state index is 14.5. The molecule has 0 radical (unpaired) electrons. The van der Waals surface area contributed by atoms with E-state index < -0.39 is 48.1 Å². The number of benzene rings is 2. The number of allylic oxidation sites excluding steroid dienone is 6. The number of methoxy groups -OCH3 is 1. The molecule has 14 rings (SSSR count). The minimum Gasteiger partial charge on any atom is -0.461 e. The Labute approximate surface area is 719 Å². The molecule has 7 aliphatic rings. The summed E-state index contributed by atoms with van der Waals surface area (Å²) in [5.74, 6) is -0.140. The first-order valence-corrected chi connectivity index (χ1v) is 44.4. The molecule has 7 aromatic rings. The number of fused-ring (bicyclic) bond motifs is 6. The molecule has 0 spiro atoms. The second-order valence-corrected chi connectivity index (χ2v) is 34.7. The minimum atomic E-state index is -0.922. The second-order valence-electron chi connectivity index (χ2n) is 34.7. The zero-order valence-corrected chi connectivity index (χ0v) is 72.1. The highest BCUT2D eigenvalue weighted by atomic mass is 16.6. The van der Waals surface area contributed by atoms with Gasteiger partial charge in [-0.25, -0.2) is 44.2 Å². The van der Waals surface area contributed by atoms with Crippen molar-refractivity contribution >= 4 is 81.3 Å². The van der Waals surface area contributed by atoms with Crippen molar-refractivity contribution in [1.82, 2.24) is 69.6 Å². The number of alkyl carbamates (subject to hydrolysis) is 1. The third-order valence-corrected chi connectivity index (χ3v) is 25.7. The second kappa shape index (κ2) is 42.3. The lowest BCUT2D eigenvalue weighted by Crippen LogP contribution is -2.54. The summed E-state index contributed by atoms with van der Waals surface area (Å²) in [7, 11) is 1.66. The zero-order chi connectivity index (χ0) is 86.0. The Balaban J connectivity index is 0.472. The monoisotopic (exact) mass is 1690 g/mol. The Bertz CT molecular complexity index is 4910. The lowest BCUT2D eigenvalue weighted by atomic mass is 9.83. The van der Waals surface area contributed by atoms with Gasteiger partial charge in [0.15, 0.2) is 11.2 Å². The number of anilines is 4. The van der Waals surface area contributed by atoms with E-state index in [1.165, 1.54) is 16.8 Å². The van der Waals surface area contributed by atoms with Crippen LogP contribution in [0.5, 0.6) is 0 Å². The number of nitrogen functional groups attached to an aromatic ring is 2. The quantitative estimate of drug-likeness (QED) is 0.0253. The van der Waals surface area contributed by atoms with Crippen molar-refractivity contribution in [2.24, 2.45) is 23.7 Å². The average molecular weight is 1690 g/mol. The number of Topliss-reactive ketones (excluding diaryl/α,β-unsaturated/α-hetero) is 2. The van der Waals surface area contributed by atoms with Gasteiger partial charge in [-0.15, -0.1) is 0 Å². The molecule has 123 heavy (non-hydrogen) atoms. The number of aliphatic hydroxyl groups is 1. The number of hydrogen-bond donors (Lipinski definition) is 4. The first-order chi connectivity index (χ1) is 59.6. The van der Waals surface area contributed by atoms with Crippen LogP contribution in [0.4, 0.5) is 28.5 Å². The largest absolute Gasteiger partial charge is 0.461 e. The molecular weight excluding hydrogens is 1570 g/mol. The van der Waals surface area contributed by atoms with E-state index in [2.05, 4.69) is 97.9 Å². The molecule has 31 nitrogen and oxygen atoms in total. The van der Waals surface area contributed by atoms with Gasteiger partial charge in [0.2, 0.25) is 17.7 Å². The number of cyclic esters (lactones) is 1. The lowest BCUT2D eigenvalue weighted by Gasteiger charge is -2.36. The van der Waals surface area contributed by atoms with E-state index >= 15 is 0 Å². The van der Waals surface area contributed by atoms with Gasteiger partial charge in [0, 0.05) is 153 Å². The van der Waals surface area contributed by atoms with Gasteiger partial charge in [0.1, 0.15) is 53.5 Å². The Kier molecular flexibility index (Phi) is 30.6. The number of nitrogens with two attached hydrogens (primary N) is 2. The highest BCUT2D eigenvalue weighted by Gasteiger charge is 2.42. The smallest absolute Gasteiger partial charge is 0.407 e. The molecule has 6 N–H and O–H groups in total. The van der Waals surface area contributed by atoms with Crippen LogP contribution in [0.15, 0.2) is 120 Å². The predicted molar refractivity (Wildman–Crippen MR) is 467 cm³/mol. The van der Waals surface area contributed by atoms with E-state index in [4.69, 9.17) is 44.7 Å². The summed E-state index contributed by atoms with van der Waals surface area (Å²) < 4.78 is 38.2. The molecule has 1 aliphatic carbocycles. The van der Waals surface area contributed by atoms with Crippen LogP contribution in [-0.2, 0) is 68.9 Å². The van der Waals surface area contributed by atoms with Crippen molar-refractivity contribution in [2.45, 2.75) is 212 Å². The Morgan fingerprint density at radius 2 is 1.43 bits per heavy atom. The molecule has 3 amide bonds. The molecule has 31 heteroatoms. The van der Waals surface area contributed by atoms with E-state index in [1.807, 2.05) is 78.9 Å². The summed E-state index contributed by atoms with van der Waals surface area (Å²) in [6.45, 7) is 21.3. The van der Waals surface area contributed by atoms with E-state index in [1.54, 1.807) is 31.9 Å². The topological polar surface area (TPSA) is 374 Å². The number of piperidine rings is 1. The van der Waals surface area contributed by atoms with E-state index in [0.29, 0.717) is 173 Å². The zero-order valence-electron chi connectivity index (χ0n) is 72.1. The molecule has 2 bridgehead atoms. The number of oxazole rings is 1. The van der Waals surface area contributed by atoms with E-state index in [0.717, 1.165) is 125 Å². The average Bonchev–Trinajstić information content (AvgIpc) is 1.64. The van der Waals surface area contributed by atoms with Crippen molar-refractivity contribution in [2.75, 3.05) is 120 Å². The predicted octanol–water partition coefficient (Wildman–Crippen LogP) is 10.8. The molecule has 1 saturated carbocycles. The van der Waals surface area contributed by atoms with Crippen LogP contribution < -0.4 is 26.6 Å². The van der Waals surface area contributed by atoms with Crippen LogP contribution >= 0.6 is 0 Å². The number of aromatic nitrogens is 9. The summed E-state index contributed by atoms with van der Waals surface area (Å²) in [4.78, 5) is 128. The van der Waals surface area contributed by atoms with Crippen molar-refractivity contribution in [3.8, 4) is 11.3 Å². The number of nitrogens with one attached hydrogen (secondary N) is 1. The number of aliphatic hydroxyl groups excluding tert-OH is 1. The molecule has 5 aromatic heterocycles. The number of ether oxygens (including phenoxy) is 5. The fraction of sp³-hybridized carbons (Fsp3) is 0.565. The molecule has 6 aliphatic heterocycles. The normalized spacial score (nSPS) is 25.9. The first kappa shape index (κ1) is 88.9. The van der Waals surface area contributed by atoms with Gasteiger partial charge in [0.05, 0.1) is 49.0 Å². The van der Waals surface area contributed by atoms with Crippen molar-refractivity contribution < 1.29 is 62.0 Å². The molecular formula is C92H122N18O13. The number of piperazine rings is 2. The number of amides is 3. The Morgan fingerprint density at radius 1 is 0.699 bits per heavy atom. The van der Waals surface area contributed by atoms with Crippen molar-refractivity contribution in [1.29, 1.82) is 0 Å². The number of ketones is 2. The lowest BCUT2D eigenvalue weighted by molar-refractivity contribution is -0.167. The Morgan fingerprint density at radius 3 is 2.16 bits per heavy atom.